The third kappa shape index (κ3) is 4.71. The lowest BCUT2D eigenvalue weighted by molar-refractivity contribution is 0.0739. The fourth-order valence-corrected chi connectivity index (χ4v) is 3.68. The Morgan fingerprint density at radius 3 is 2.50 bits per heavy atom. The molecule has 1 aliphatic heterocycles. The molecule has 0 bridgehead atoms. The first kappa shape index (κ1) is 18.6. The number of nitrogens with zero attached hydrogens (tertiary/aromatic N) is 2. The van der Waals surface area contributed by atoms with Crippen LogP contribution in [0.3, 0.4) is 0 Å². The Hall–Kier alpha value is -2.17. The van der Waals surface area contributed by atoms with Crippen molar-refractivity contribution in [2.75, 3.05) is 26.2 Å². The molecule has 1 aliphatic rings. The summed E-state index contributed by atoms with van der Waals surface area (Å²) in [5.41, 5.74) is 8.80. The summed E-state index contributed by atoms with van der Waals surface area (Å²) < 4.78 is 0. The largest absolute Gasteiger partial charge is 0.339 e. The van der Waals surface area contributed by atoms with Crippen molar-refractivity contribution >= 4 is 5.91 Å². The summed E-state index contributed by atoms with van der Waals surface area (Å²) >= 11 is 0. The summed E-state index contributed by atoms with van der Waals surface area (Å²) in [6, 6.07) is 18.3. The topological polar surface area (TPSA) is 49.6 Å². The number of benzene rings is 2. The Morgan fingerprint density at radius 1 is 1.12 bits per heavy atom. The molecule has 1 heterocycles. The van der Waals surface area contributed by atoms with Gasteiger partial charge < -0.3 is 10.6 Å². The number of carbonyl (C=O) groups is 1. The first-order chi connectivity index (χ1) is 12.7. The summed E-state index contributed by atoms with van der Waals surface area (Å²) in [4.78, 5) is 17.3. The fourth-order valence-electron chi connectivity index (χ4n) is 3.68. The van der Waals surface area contributed by atoms with Crippen LogP contribution in [0.4, 0.5) is 0 Å². The highest BCUT2D eigenvalue weighted by Crippen LogP contribution is 2.20. The molecule has 138 valence electrons. The highest BCUT2D eigenvalue weighted by molar-refractivity contribution is 5.94. The summed E-state index contributed by atoms with van der Waals surface area (Å²) in [6.45, 7) is 7.30. The quantitative estimate of drug-likeness (QED) is 0.834. The molecule has 2 N–H and O–H groups in total. The molecule has 0 saturated carbocycles. The van der Waals surface area contributed by atoms with Crippen molar-refractivity contribution in [3.63, 3.8) is 0 Å². The molecule has 1 unspecified atom stereocenters. The molecule has 1 fully saturated rings. The average Bonchev–Trinajstić information content (AvgIpc) is 3.13. The molecule has 2 aromatic rings. The monoisotopic (exact) mass is 351 g/mol. The van der Waals surface area contributed by atoms with E-state index >= 15 is 0 Å². The Bertz CT molecular complexity index is 699. The molecule has 1 atom stereocenters. The summed E-state index contributed by atoms with van der Waals surface area (Å²) in [5, 5.41) is 0. The van der Waals surface area contributed by atoms with Crippen LogP contribution in [0.1, 0.15) is 34.8 Å². The Morgan fingerprint density at radius 2 is 1.85 bits per heavy atom. The second-order valence-electron chi connectivity index (χ2n) is 7.12. The van der Waals surface area contributed by atoms with Gasteiger partial charge in [0.2, 0.25) is 0 Å². The third-order valence-electron chi connectivity index (χ3n) is 5.20. The Kier molecular flexibility index (Phi) is 6.42. The molecule has 4 nitrogen and oxygen atoms in total. The second kappa shape index (κ2) is 8.97. The maximum absolute atomic E-state index is 12.8. The van der Waals surface area contributed by atoms with E-state index in [2.05, 4.69) is 42.2 Å². The standard InChI is InChI=1S/C22H29N3O/c1-2-25(22(26)21-10-8-18(14-23)9-11-21)17-20-12-13-24(16-20)15-19-6-4-3-5-7-19/h3-11,20H,2,12-17,23H2,1H3. The molecular formula is C22H29N3O. The van der Waals surface area contributed by atoms with E-state index in [1.165, 1.54) is 5.56 Å². The maximum atomic E-state index is 12.8. The van der Waals surface area contributed by atoms with Crippen LogP contribution < -0.4 is 5.73 Å². The number of amides is 1. The van der Waals surface area contributed by atoms with Gasteiger partial charge in [-0.1, -0.05) is 42.5 Å². The minimum atomic E-state index is 0.123. The molecule has 0 radical (unpaired) electrons. The second-order valence-corrected chi connectivity index (χ2v) is 7.12. The SMILES string of the molecule is CCN(CC1CCN(Cc2ccccc2)C1)C(=O)c1ccc(CN)cc1. The van der Waals surface area contributed by atoms with Crippen LogP contribution in [-0.2, 0) is 13.1 Å². The molecule has 0 aliphatic carbocycles. The summed E-state index contributed by atoms with van der Waals surface area (Å²) in [5.74, 6) is 0.670. The van der Waals surface area contributed by atoms with Crippen molar-refractivity contribution in [3.8, 4) is 0 Å². The van der Waals surface area contributed by atoms with Crippen molar-refractivity contribution in [2.45, 2.75) is 26.4 Å². The van der Waals surface area contributed by atoms with Crippen LogP contribution >= 0.6 is 0 Å². The molecule has 0 aromatic heterocycles. The normalized spacial score (nSPS) is 17.4. The van der Waals surface area contributed by atoms with Gasteiger partial charge in [-0.15, -0.1) is 0 Å². The van der Waals surface area contributed by atoms with E-state index in [4.69, 9.17) is 5.73 Å². The van der Waals surface area contributed by atoms with Crippen LogP contribution in [0.2, 0.25) is 0 Å². The van der Waals surface area contributed by atoms with Crippen molar-refractivity contribution < 1.29 is 4.79 Å². The van der Waals surface area contributed by atoms with Gasteiger partial charge in [0.25, 0.3) is 5.91 Å². The van der Waals surface area contributed by atoms with Gasteiger partial charge in [-0.2, -0.15) is 0 Å². The van der Waals surface area contributed by atoms with Crippen LogP contribution in [0.25, 0.3) is 0 Å². The summed E-state index contributed by atoms with van der Waals surface area (Å²) in [6.07, 6.45) is 1.16. The van der Waals surface area contributed by atoms with E-state index in [-0.39, 0.29) is 5.91 Å². The van der Waals surface area contributed by atoms with E-state index < -0.39 is 0 Å². The first-order valence-electron chi connectivity index (χ1n) is 9.54. The highest BCUT2D eigenvalue weighted by atomic mass is 16.2. The number of hydrogen-bond acceptors (Lipinski definition) is 3. The van der Waals surface area contributed by atoms with Gasteiger partial charge in [0.05, 0.1) is 0 Å². The molecular weight excluding hydrogens is 322 g/mol. The van der Waals surface area contributed by atoms with Crippen LogP contribution in [-0.4, -0.2) is 41.9 Å². The van der Waals surface area contributed by atoms with Crippen LogP contribution in [0.5, 0.6) is 0 Å². The molecule has 3 rings (SSSR count). The van der Waals surface area contributed by atoms with E-state index in [0.29, 0.717) is 12.5 Å². The lowest BCUT2D eigenvalue weighted by Gasteiger charge is -2.25. The van der Waals surface area contributed by atoms with E-state index in [9.17, 15) is 4.79 Å². The first-order valence-corrected chi connectivity index (χ1v) is 9.54. The zero-order valence-corrected chi connectivity index (χ0v) is 15.6. The average molecular weight is 351 g/mol. The third-order valence-corrected chi connectivity index (χ3v) is 5.20. The highest BCUT2D eigenvalue weighted by Gasteiger charge is 2.26. The molecule has 1 saturated heterocycles. The van der Waals surface area contributed by atoms with Gasteiger partial charge in [-0.3, -0.25) is 9.69 Å². The minimum absolute atomic E-state index is 0.123. The fraction of sp³-hybridized carbons (Fsp3) is 0.409. The summed E-state index contributed by atoms with van der Waals surface area (Å²) in [7, 11) is 0. The van der Waals surface area contributed by atoms with Gasteiger partial charge in [-0.25, -0.2) is 0 Å². The van der Waals surface area contributed by atoms with E-state index in [1.807, 2.05) is 29.2 Å². The predicted molar refractivity (Wildman–Crippen MR) is 106 cm³/mol. The number of carbonyl (C=O) groups excluding carboxylic acids is 1. The van der Waals surface area contributed by atoms with E-state index in [1.54, 1.807) is 0 Å². The Balaban J connectivity index is 1.55. The van der Waals surface area contributed by atoms with Crippen molar-refractivity contribution in [1.29, 1.82) is 0 Å². The molecule has 1 amide bonds. The molecule has 0 spiro atoms. The molecule has 4 heteroatoms. The lowest BCUT2D eigenvalue weighted by atomic mass is 10.1. The van der Waals surface area contributed by atoms with Gasteiger partial charge in [-0.05, 0) is 49.1 Å². The molecule has 2 aromatic carbocycles. The van der Waals surface area contributed by atoms with Gasteiger partial charge in [0.1, 0.15) is 0 Å². The molecule has 26 heavy (non-hydrogen) atoms. The number of rotatable bonds is 7. The maximum Gasteiger partial charge on any atom is 0.253 e. The predicted octanol–water partition coefficient (Wildman–Crippen LogP) is 3.13. The van der Waals surface area contributed by atoms with Crippen molar-refractivity contribution in [3.05, 3.63) is 71.3 Å². The smallest absolute Gasteiger partial charge is 0.253 e. The van der Waals surface area contributed by atoms with Gasteiger partial charge >= 0.3 is 0 Å². The van der Waals surface area contributed by atoms with Gasteiger partial charge in [0, 0.05) is 38.3 Å². The lowest BCUT2D eigenvalue weighted by Crippen LogP contribution is -2.36. The number of likely N-dealkylation sites (tertiary alicyclic amines) is 1. The number of nitrogens with two attached hydrogens (primary N) is 1. The number of hydrogen-bond donors (Lipinski definition) is 1. The zero-order valence-electron chi connectivity index (χ0n) is 15.6. The van der Waals surface area contributed by atoms with Crippen LogP contribution in [0.15, 0.2) is 54.6 Å². The minimum Gasteiger partial charge on any atom is -0.339 e. The van der Waals surface area contributed by atoms with E-state index in [0.717, 1.165) is 50.3 Å². The Labute approximate surface area is 156 Å². The zero-order chi connectivity index (χ0) is 18.4. The van der Waals surface area contributed by atoms with Crippen molar-refractivity contribution in [2.24, 2.45) is 11.7 Å². The van der Waals surface area contributed by atoms with Crippen LogP contribution in [0, 0.1) is 5.92 Å². The van der Waals surface area contributed by atoms with Gasteiger partial charge in [0.15, 0.2) is 0 Å². The van der Waals surface area contributed by atoms with Crippen molar-refractivity contribution in [1.82, 2.24) is 9.80 Å².